The first-order valence-electron chi connectivity index (χ1n) is 4.38. The molecule has 0 amide bonds. The molecule has 2 aromatic rings. The van der Waals surface area contributed by atoms with Gasteiger partial charge in [0.2, 0.25) is 0 Å². The van der Waals surface area contributed by atoms with Crippen LogP contribution >= 0.6 is 11.6 Å². The summed E-state index contributed by atoms with van der Waals surface area (Å²) in [5, 5.41) is 0. The summed E-state index contributed by atoms with van der Waals surface area (Å²) in [5.41, 5.74) is 1.81. The highest BCUT2D eigenvalue weighted by Crippen LogP contribution is 2.02. The van der Waals surface area contributed by atoms with Crippen molar-refractivity contribution in [3.8, 4) is 0 Å². The Bertz CT molecular complexity index is 458. The van der Waals surface area contributed by atoms with Gasteiger partial charge in [0.1, 0.15) is 5.52 Å². The summed E-state index contributed by atoms with van der Waals surface area (Å²) >= 11 is 4.64. The standard InChI is InChI=1S/C9H10N2O.CH3Cl/c1-2-7-6-10-9(12)8-4-3-5-11(7)8;1-2/h3-6H,2H2,1H3,(H,10,12);1H3. The molecule has 0 saturated heterocycles. The maximum Gasteiger partial charge on any atom is 0.272 e. The predicted molar refractivity (Wildman–Crippen MR) is 59.2 cm³/mol. The van der Waals surface area contributed by atoms with E-state index in [-0.39, 0.29) is 5.56 Å². The number of alkyl halides is 1. The molecule has 0 aromatic carbocycles. The number of hydrogen-bond acceptors (Lipinski definition) is 1. The molecule has 76 valence electrons. The number of aromatic amines is 1. The minimum Gasteiger partial charge on any atom is -0.326 e. The average Bonchev–Trinajstić information content (AvgIpc) is 2.71. The fourth-order valence-electron chi connectivity index (χ4n) is 1.38. The van der Waals surface area contributed by atoms with Crippen molar-refractivity contribution in [3.05, 3.63) is 40.6 Å². The van der Waals surface area contributed by atoms with Crippen LogP contribution in [0.2, 0.25) is 0 Å². The van der Waals surface area contributed by atoms with Crippen molar-refractivity contribution in [1.82, 2.24) is 9.38 Å². The van der Waals surface area contributed by atoms with Gasteiger partial charge in [-0.1, -0.05) is 6.92 Å². The Kier molecular flexibility index (Phi) is 3.77. The van der Waals surface area contributed by atoms with E-state index < -0.39 is 0 Å². The first-order chi connectivity index (χ1) is 6.83. The van der Waals surface area contributed by atoms with Crippen LogP contribution in [-0.4, -0.2) is 15.8 Å². The summed E-state index contributed by atoms with van der Waals surface area (Å²) in [7, 11) is 0. The van der Waals surface area contributed by atoms with E-state index in [1.807, 2.05) is 22.7 Å². The van der Waals surface area contributed by atoms with Crippen LogP contribution < -0.4 is 5.56 Å². The van der Waals surface area contributed by atoms with Crippen LogP contribution in [0, 0.1) is 0 Å². The Morgan fingerprint density at radius 1 is 1.50 bits per heavy atom. The van der Waals surface area contributed by atoms with Crippen molar-refractivity contribution in [3.63, 3.8) is 0 Å². The van der Waals surface area contributed by atoms with Gasteiger partial charge in [-0.15, -0.1) is 11.6 Å². The number of nitrogens with one attached hydrogen (secondary N) is 1. The first-order valence-corrected chi connectivity index (χ1v) is 5.14. The highest BCUT2D eigenvalue weighted by Gasteiger charge is 1.99. The summed E-state index contributed by atoms with van der Waals surface area (Å²) in [6.45, 7) is 2.06. The second-order valence-electron chi connectivity index (χ2n) is 2.73. The Morgan fingerprint density at radius 2 is 2.21 bits per heavy atom. The lowest BCUT2D eigenvalue weighted by atomic mass is 10.3. The van der Waals surface area contributed by atoms with Crippen LogP contribution in [0.15, 0.2) is 29.3 Å². The number of H-pyrrole nitrogens is 1. The second-order valence-corrected chi connectivity index (χ2v) is 2.73. The molecule has 2 heterocycles. The van der Waals surface area contributed by atoms with Gasteiger partial charge in [-0.25, -0.2) is 0 Å². The smallest absolute Gasteiger partial charge is 0.272 e. The second kappa shape index (κ2) is 4.86. The van der Waals surface area contributed by atoms with Crippen molar-refractivity contribution >= 4 is 17.1 Å². The van der Waals surface area contributed by atoms with Gasteiger partial charge in [-0.3, -0.25) is 4.79 Å². The fraction of sp³-hybridized carbons (Fsp3) is 0.300. The topological polar surface area (TPSA) is 37.3 Å². The van der Waals surface area contributed by atoms with E-state index in [9.17, 15) is 4.79 Å². The zero-order valence-corrected chi connectivity index (χ0v) is 9.01. The van der Waals surface area contributed by atoms with Gasteiger partial charge in [0.25, 0.3) is 5.56 Å². The van der Waals surface area contributed by atoms with Gasteiger partial charge in [-0.05, 0) is 18.6 Å². The van der Waals surface area contributed by atoms with E-state index in [2.05, 4.69) is 23.5 Å². The van der Waals surface area contributed by atoms with Gasteiger partial charge < -0.3 is 9.38 Å². The fourth-order valence-corrected chi connectivity index (χ4v) is 1.38. The molecule has 0 aliphatic rings. The van der Waals surface area contributed by atoms with Crippen LogP contribution in [0.3, 0.4) is 0 Å². The van der Waals surface area contributed by atoms with E-state index in [0.717, 1.165) is 12.1 Å². The Morgan fingerprint density at radius 3 is 2.86 bits per heavy atom. The van der Waals surface area contributed by atoms with Gasteiger partial charge in [0.05, 0.1) is 0 Å². The van der Waals surface area contributed by atoms with Crippen molar-refractivity contribution < 1.29 is 0 Å². The maximum atomic E-state index is 11.2. The first kappa shape index (κ1) is 10.9. The zero-order valence-electron chi connectivity index (χ0n) is 8.25. The molecule has 3 nitrogen and oxygen atoms in total. The molecule has 0 spiro atoms. The van der Waals surface area contributed by atoms with Crippen LogP contribution in [0.5, 0.6) is 0 Å². The number of aryl methyl sites for hydroxylation is 1. The molecule has 0 aliphatic carbocycles. The molecule has 0 atom stereocenters. The molecule has 0 aliphatic heterocycles. The van der Waals surface area contributed by atoms with Gasteiger partial charge >= 0.3 is 0 Å². The molecule has 0 radical (unpaired) electrons. The summed E-state index contributed by atoms with van der Waals surface area (Å²) < 4.78 is 1.92. The number of fused-ring (bicyclic) bond motifs is 1. The van der Waals surface area contributed by atoms with Crippen LogP contribution in [0.1, 0.15) is 12.6 Å². The number of aromatic nitrogens is 2. The van der Waals surface area contributed by atoms with Crippen molar-refractivity contribution in [2.75, 3.05) is 6.38 Å². The number of halogens is 1. The van der Waals surface area contributed by atoms with E-state index in [1.165, 1.54) is 6.38 Å². The lowest BCUT2D eigenvalue weighted by Gasteiger charge is -2.00. The Hall–Kier alpha value is -1.22. The molecule has 2 rings (SSSR count). The Labute approximate surface area is 87.3 Å². The normalized spacial score (nSPS) is 9.64. The maximum absolute atomic E-state index is 11.2. The number of nitrogens with zero attached hydrogens (tertiary/aromatic N) is 1. The summed E-state index contributed by atoms with van der Waals surface area (Å²) in [6, 6.07) is 3.70. The third kappa shape index (κ3) is 1.82. The molecule has 0 fully saturated rings. The third-order valence-corrected chi connectivity index (χ3v) is 2.02. The van der Waals surface area contributed by atoms with E-state index in [1.54, 1.807) is 6.20 Å². The van der Waals surface area contributed by atoms with Crippen LogP contribution in [0.25, 0.3) is 5.52 Å². The van der Waals surface area contributed by atoms with E-state index >= 15 is 0 Å². The SMILES string of the molecule is CCc1c[nH]c(=O)c2cccn12.CCl. The third-order valence-electron chi connectivity index (χ3n) is 2.02. The van der Waals surface area contributed by atoms with Crippen molar-refractivity contribution in [1.29, 1.82) is 0 Å². The predicted octanol–water partition coefficient (Wildman–Crippen LogP) is 2.04. The zero-order chi connectivity index (χ0) is 10.6. The van der Waals surface area contributed by atoms with E-state index in [0.29, 0.717) is 5.52 Å². The molecule has 2 aromatic heterocycles. The summed E-state index contributed by atoms with van der Waals surface area (Å²) in [6.07, 6.45) is 6.06. The molecule has 0 bridgehead atoms. The number of rotatable bonds is 1. The minimum atomic E-state index is -0.0304. The average molecular weight is 213 g/mol. The molecule has 4 heteroatoms. The van der Waals surface area contributed by atoms with Gasteiger partial charge in [-0.2, -0.15) is 0 Å². The molecule has 0 saturated carbocycles. The molecular weight excluding hydrogens is 200 g/mol. The lowest BCUT2D eigenvalue weighted by Crippen LogP contribution is -2.10. The molecule has 14 heavy (non-hydrogen) atoms. The minimum absolute atomic E-state index is 0.0304. The van der Waals surface area contributed by atoms with Crippen LogP contribution in [-0.2, 0) is 6.42 Å². The van der Waals surface area contributed by atoms with Crippen molar-refractivity contribution in [2.45, 2.75) is 13.3 Å². The molecular formula is C10H13ClN2O. The quantitative estimate of drug-likeness (QED) is 0.722. The summed E-state index contributed by atoms with van der Waals surface area (Å²) in [5.74, 6) is 0. The van der Waals surface area contributed by atoms with Gasteiger partial charge in [0, 0.05) is 24.5 Å². The largest absolute Gasteiger partial charge is 0.326 e. The molecule has 1 N–H and O–H groups in total. The highest BCUT2D eigenvalue weighted by molar-refractivity contribution is 6.15. The van der Waals surface area contributed by atoms with E-state index in [4.69, 9.17) is 0 Å². The molecule has 0 unspecified atom stereocenters. The number of hydrogen-bond donors (Lipinski definition) is 1. The monoisotopic (exact) mass is 212 g/mol. The lowest BCUT2D eigenvalue weighted by molar-refractivity contribution is 0.945. The highest BCUT2D eigenvalue weighted by atomic mass is 35.5. The van der Waals surface area contributed by atoms with Crippen molar-refractivity contribution in [2.24, 2.45) is 0 Å². The Balaban J connectivity index is 0.000000461. The van der Waals surface area contributed by atoms with Gasteiger partial charge in [0.15, 0.2) is 0 Å². The summed E-state index contributed by atoms with van der Waals surface area (Å²) in [4.78, 5) is 13.9. The van der Waals surface area contributed by atoms with Crippen LogP contribution in [0.4, 0.5) is 0 Å².